The molecule has 0 fully saturated rings. The average Bonchev–Trinajstić information content (AvgIpc) is 2.47. The first-order chi connectivity index (χ1) is 9.34. The van der Waals surface area contributed by atoms with Crippen LogP contribution in [0.15, 0.2) is 77.8 Å². The van der Waals surface area contributed by atoms with Crippen LogP contribution in [0.1, 0.15) is 12.5 Å². The molecule has 3 aromatic carbocycles. The largest absolute Gasteiger partial charge is 0.253 e. The Hall–Kier alpha value is -2.41. The maximum atomic E-state index is 4.70. The van der Waals surface area contributed by atoms with Gasteiger partial charge in [0.1, 0.15) is 0 Å². The van der Waals surface area contributed by atoms with E-state index in [1.807, 2.05) is 30.3 Å². The van der Waals surface area contributed by atoms with Gasteiger partial charge in [-0.15, -0.1) is 0 Å². The van der Waals surface area contributed by atoms with Crippen LogP contribution in [0, 0.1) is 0 Å². The molecule has 0 amide bonds. The lowest BCUT2D eigenvalue weighted by molar-refractivity contribution is 1.49. The van der Waals surface area contributed by atoms with Crippen molar-refractivity contribution in [2.75, 3.05) is 0 Å². The molecule has 0 saturated heterocycles. The van der Waals surface area contributed by atoms with Gasteiger partial charge < -0.3 is 0 Å². The smallest absolute Gasteiger partial charge is 0.0633 e. The van der Waals surface area contributed by atoms with Gasteiger partial charge in [0, 0.05) is 11.3 Å². The molecule has 0 heterocycles. The number of para-hydroxylation sites is 1. The molecule has 0 spiro atoms. The Bertz CT molecular complexity index is 722. The van der Waals surface area contributed by atoms with Crippen molar-refractivity contribution in [1.29, 1.82) is 0 Å². The van der Waals surface area contributed by atoms with E-state index in [1.54, 1.807) is 0 Å². The third-order valence-electron chi connectivity index (χ3n) is 3.23. The summed E-state index contributed by atoms with van der Waals surface area (Å²) in [4.78, 5) is 4.70. The molecule has 3 rings (SSSR count). The predicted octanol–water partition coefficient (Wildman–Crippen LogP) is 4.98. The minimum atomic E-state index is 0.993. The fraction of sp³-hybridized carbons (Fsp3) is 0.0556. The summed E-state index contributed by atoms with van der Waals surface area (Å²) in [5.74, 6) is 0. The molecule has 0 N–H and O–H groups in total. The zero-order valence-electron chi connectivity index (χ0n) is 10.9. The Balaban J connectivity index is 2.12. The number of nitrogens with zero attached hydrogens (tertiary/aromatic N) is 1. The summed E-state index contributed by atoms with van der Waals surface area (Å²) in [5, 5.41) is 2.50. The first-order valence-corrected chi connectivity index (χ1v) is 6.43. The third kappa shape index (κ3) is 2.41. The Morgan fingerprint density at radius 1 is 0.737 bits per heavy atom. The maximum Gasteiger partial charge on any atom is 0.0633 e. The van der Waals surface area contributed by atoms with E-state index in [0.717, 1.165) is 11.4 Å². The van der Waals surface area contributed by atoms with Crippen LogP contribution >= 0.6 is 0 Å². The quantitative estimate of drug-likeness (QED) is 0.564. The van der Waals surface area contributed by atoms with Crippen molar-refractivity contribution < 1.29 is 0 Å². The molecule has 3 aromatic rings. The molecule has 0 atom stereocenters. The highest BCUT2D eigenvalue weighted by Gasteiger charge is 2.03. The SMILES string of the molecule is CC(=Nc1ccccc1)c1cccc2ccccc12. The summed E-state index contributed by atoms with van der Waals surface area (Å²) < 4.78 is 0. The van der Waals surface area contributed by atoms with Crippen molar-refractivity contribution in [3.05, 3.63) is 78.4 Å². The summed E-state index contributed by atoms with van der Waals surface area (Å²) in [5.41, 5.74) is 3.23. The van der Waals surface area contributed by atoms with E-state index in [9.17, 15) is 0 Å². The first-order valence-electron chi connectivity index (χ1n) is 6.43. The van der Waals surface area contributed by atoms with Gasteiger partial charge in [-0.3, -0.25) is 4.99 Å². The monoisotopic (exact) mass is 245 g/mol. The highest BCUT2D eigenvalue weighted by molar-refractivity contribution is 6.10. The molecular weight excluding hydrogens is 230 g/mol. The van der Waals surface area contributed by atoms with E-state index < -0.39 is 0 Å². The highest BCUT2D eigenvalue weighted by atomic mass is 14.7. The second kappa shape index (κ2) is 5.07. The van der Waals surface area contributed by atoms with Crippen LogP contribution in [-0.4, -0.2) is 5.71 Å². The van der Waals surface area contributed by atoms with Gasteiger partial charge in [0.15, 0.2) is 0 Å². The van der Waals surface area contributed by atoms with Gasteiger partial charge in [0.05, 0.1) is 5.69 Å². The molecule has 92 valence electrons. The summed E-state index contributed by atoms with van der Waals surface area (Å²) in [7, 11) is 0. The molecule has 0 aromatic heterocycles. The summed E-state index contributed by atoms with van der Waals surface area (Å²) in [6, 6.07) is 24.8. The van der Waals surface area contributed by atoms with E-state index >= 15 is 0 Å². The molecule has 0 saturated carbocycles. The van der Waals surface area contributed by atoms with Gasteiger partial charge in [-0.2, -0.15) is 0 Å². The van der Waals surface area contributed by atoms with Crippen LogP contribution in [0.2, 0.25) is 0 Å². The predicted molar refractivity (Wildman–Crippen MR) is 82.3 cm³/mol. The van der Waals surface area contributed by atoms with Gasteiger partial charge >= 0.3 is 0 Å². The number of benzene rings is 3. The standard InChI is InChI=1S/C18H15N/c1-14(19-16-10-3-2-4-11-16)17-13-7-9-15-8-5-6-12-18(15)17/h2-13H,1H3. The van der Waals surface area contributed by atoms with E-state index in [4.69, 9.17) is 4.99 Å². The molecule has 19 heavy (non-hydrogen) atoms. The Labute approximate surface area is 113 Å². The summed E-state index contributed by atoms with van der Waals surface area (Å²) in [6.07, 6.45) is 0. The first kappa shape index (κ1) is 11.7. The molecule has 0 unspecified atom stereocenters. The van der Waals surface area contributed by atoms with Gasteiger partial charge in [0.25, 0.3) is 0 Å². The minimum absolute atomic E-state index is 0.993. The number of hydrogen-bond donors (Lipinski definition) is 0. The number of hydrogen-bond acceptors (Lipinski definition) is 1. The molecule has 0 aliphatic carbocycles. The van der Waals surface area contributed by atoms with Gasteiger partial charge in [-0.25, -0.2) is 0 Å². The topological polar surface area (TPSA) is 12.4 Å². The lowest BCUT2D eigenvalue weighted by atomic mass is 10.0. The van der Waals surface area contributed by atoms with E-state index in [0.29, 0.717) is 0 Å². The van der Waals surface area contributed by atoms with Gasteiger partial charge in [-0.1, -0.05) is 60.7 Å². The van der Waals surface area contributed by atoms with E-state index in [2.05, 4.69) is 49.4 Å². The molecular formula is C18H15N. The van der Waals surface area contributed by atoms with E-state index in [1.165, 1.54) is 16.3 Å². The second-order valence-electron chi connectivity index (χ2n) is 4.56. The van der Waals surface area contributed by atoms with Crippen LogP contribution in [0.25, 0.3) is 10.8 Å². The van der Waals surface area contributed by atoms with Crippen LogP contribution in [0.4, 0.5) is 5.69 Å². The van der Waals surface area contributed by atoms with Gasteiger partial charge in [-0.05, 0) is 29.8 Å². The third-order valence-corrected chi connectivity index (χ3v) is 3.23. The lowest BCUT2D eigenvalue weighted by Crippen LogP contribution is -1.95. The van der Waals surface area contributed by atoms with Crippen LogP contribution in [0.3, 0.4) is 0 Å². The summed E-state index contributed by atoms with van der Waals surface area (Å²) in [6.45, 7) is 2.06. The fourth-order valence-corrected chi connectivity index (χ4v) is 2.30. The average molecular weight is 245 g/mol. The van der Waals surface area contributed by atoms with Crippen molar-refractivity contribution in [3.63, 3.8) is 0 Å². The zero-order chi connectivity index (χ0) is 13.1. The van der Waals surface area contributed by atoms with Crippen molar-refractivity contribution in [2.24, 2.45) is 4.99 Å². The molecule has 0 bridgehead atoms. The van der Waals surface area contributed by atoms with E-state index in [-0.39, 0.29) is 0 Å². The highest BCUT2D eigenvalue weighted by Crippen LogP contribution is 2.21. The number of rotatable bonds is 2. The lowest BCUT2D eigenvalue weighted by Gasteiger charge is -2.06. The molecule has 1 nitrogen and oxygen atoms in total. The van der Waals surface area contributed by atoms with Crippen molar-refractivity contribution in [3.8, 4) is 0 Å². The molecule has 0 aliphatic rings. The fourth-order valence-electron chi connectivity index (χ4n) is 2.30. The van der Waals surface area contributed by atoms with Crippen LogP contribution < -0.4 is 0 Å². The minimum Gasteiger partial charge on any atom is -0.253 e. The van der Waals surface area contributed by atoms with Crippen molar-refractivity contribution >= 4 is 22.2 Å². The Morgan fingerprint density at radius 2 is 1.42 bits per heavy atom. The number of fused-ring (bicyclic) bond motifs is 1. The van der Waals surface area contributed by atoms with Crippen molar-refractivity contribution in [2.45, 2.75) is 6.92 Å². The normalized spacial score (nSPS) is 11.7. The number of aliphatic imine (C=N–C) groups is 1. The second-order valence-corrected chi connectivity index (χ2v) is 4.56. The molecule has 0 aliphatic heterocycles. The van der Waals surface area contributed by atoms with Crippen LogP contribution in [0.5, 0.6) is 0 Å². The zero-order valence-corrected chi connectivity index (χ0v) is 10.9. The Kier molecular flexibility index (Phi) is 3.11. The molecule has 0 radical (unpaired) electrons. The van der Waals surface area contributed by atoms with Crippen molar-refractivity contribution in [1.82, 2.24) is 0 Å². The molecule has 1 heteroatoms. The van der Waals surface area contributed by atoms with Crippen LogP contribution in [-0.2, 0) is 0 Å². The maximum absolute atomic E-state index is 4.70. The Morgan fingerprint density at radius 3 is 2.26 bits per heavy atom. The summed E-state index contributed by atoms with van der Waals surface area (Å²) >= 11 is 0. The van der Waals surface area contributed by atoms with Gasteiger partial charge in [0.2, 0.25) is 0 Å².